The monoisotopic (exact) mass is 681 g/mol. The second-order valence-corrected chi connectivity index (χ2v) is 8.53. The zero-order chi connectivity index (χ0) is 19.7. The van der Waals surface area contributed by atoms with E-state index >= 15 is 0 Å². The number of benzene rings is 2. The number of phenolic OH excluding ortho intramolecular Hbond substituents is 2. The van der Waals surface area contributed by atoms with Gasteiger partial charge in [0, 0.05) is 0 Å². The van der Waals surface area contributed by atoms with Crippen LogP contribution in [0.4, 0.5) is 0 Å². The van der Waals surface area contributed by atoms with Crippen LogP contribution in [0.25, 0.3) is 11.1 Å². The first-order valence-electron chi connectivity index (χ1n) is 10.5. The zero-order valence-corrected chi connectivity index (χ0v) is 18.4. The van der Waals surface area contributed by atoms with E-state index in [1.165, 1.54) is 48.0 Å². The Balaban J connectivity index is -0.0000000411. The summed E-state index contributed by atoms with van der Waals surface area (Å²) >= 11 is 0. The van der Waals surface area contributed by atoms with Crippen LogP contribution in [0, 0.1) is 25.7 Å². The molecule has 0 fully saturated rings. The molecule has 2 nitrogen and oxygen atoms in total. The molecule has 2 aromatic carbocycles. The molecule has 0 radical (unpaired) electrons. The first kappa shape index (κ1) is 96.7. The van der Waals surface area contributed by atoms with Crippen molar-refractivity contribution < 1.29 is 10.2 Å². The van der Waals surface area contributed by atoms with Gasteiger partial charge in [-0.3, -0.25) is 0 Å². The van der Waals surface area contributed by atoms with Crippen LogP contribution < -0.4 is 0 Å². The standard InChI is InChI=1S/C26H30O2.17CH4.H2S/c1-17-15-23(11-13-25(17)27)21-7-3-19(4-8-21)20-5-9-22(10-6-20)24-12-14-26(28)18(2)16-24;;;;;;;;;;;;;;;;;;/h7,9,11-16,19-20,27-28H,3-6,8,10H2,1-2H3;17*1H4;1H2. The highest BCUT2D eigenvalue weighted by atomic mass is 32.1. The van der Waals surface area contributed by atoms with E-state index in [1.54, 1.807) is 0 Å². The number of phenols is 2. The van der Waals surface area contributed by atoms with E-state index in [9.17, 15) is 10.2 Å². The van der Waals surface area contributed by atoms with Crippen LogP contribution in [-0.4, -0.2) is 10.2 Å². The van der Waals surface area contributed by atoms with Crippen LogP contribution in [0.2, 0.25) is 0 Å². The van der Waals surface area contributed by atoms with E-state index in [2.05, 4.69) is 24.3 Å². The highest BCUT2D eigenvalue weighted by Crippen LogP contribution is 2.41. The Morgan fingerprint density at radius 2 is 0.717 bits per heavy atom. The molecule has 2 N–H and O–H groups in total. The van der Waals surface area contributed by atoms with Crippen LogP contribution >= 0.6 is 13.5 Å². The predicted octanol–water partition coefficient (Wildman–Crippen LogP) is 17.7. The molecule has 4 rings (SSSR count). The van der Waals surface area contributed by atoms with Crippen molar-refractivity contribution in [1.82, 2.24) is 0 Å². The topological polar surface area (TPSA) is 40.5 Å². The molecule has 2 aliphatic carbocycles. The molecule has 0 heterocycles. The Kier molecular flexibility index (Phi) is 90.2. The SMILES string of the molecule is C.C.C.C.C.C.C.C.C.C.C.C.C.C.C.C.C.Cc1cc(C2=CCC(C3CC=C(c4ccc(O)c(C)c4)CC3)CC2)ccc1O.S. The van der Waals surface area contributed by atoms with Gasteiger partial charge < -0.3 is 10.2 Å². The number of hydrogen-bond acceptors (Lipinski definition) is 2. The van der Waals surface area contributed by atoms with E-state index in [1.807, 2.05) is 38.1 Å². The number of aromatic hydroxyl groups is 2. The molecule has 46 heavy (non-hydrogen) atoms. The molecule has 3 heteroatoms. The van der Waals surface area contributed by atoms with Crippen LogP contribution in [0.3, 0.4) is 0 Å². The van der Waals surface area contributed by atoms with Gasteiger partial charge in [0.05, 0.1) is 0 Å². The van der Waals surface area contributed by atoms with Gasteiger partial charge >= 0.3 is 0 Å². The lowest BCUT2D eigenvalue weighted by Gasteiger charge is -2.32. The number of hydrogen-bond donors (Lipinski definition) is 2. The second kappa shape index (κ2) is 42.9. The van der Waals surface area contributed by atoms with Crippen LogP contribution in [0.5, 0.6) is 11.5 Å². The van der Waals surface area contributed by atoms with Gasteiger partial charge in [0.25, 0.3) is 0 Å². The Labute approximate surface area is 306 Å². The van der Waals surface area contributed by atoms with Crippen molar-refractivity contribution in [2.45, 2.75) is 179 Å². The average Bonchev–Trinajstić information content (AvgIpc) is 2.72. The van der Waals surface area contributed by atoms with Crippen LogP contribution in [0.15, 0.2) is 48.6 Å². The summed E-state index contributed by atoms with van der Waals surface area (Å²) < 4.78 is 0. The van der Waals surface area contributed by atoms with Gasteiger partial charge in [-0.25, -0.2) is 0 Å². The molecular weight excluding hydrogens is 581 g/mol. The van der Waals surface area contributed by atoms with Gasteiger partial charge in [-0.15, -0.1) is 0 Å². The molecule has 290 valence electrons. The number of allylic oxidation sites excluding steroid dienone is 4. The van der Waals surface area contributed by atoms with Crippen LogP contribution in [-0.2, 0) is 0 Å². The summed E-state index contributed by atoms with van der Waals surface area (Å²) in [5.41, 5.74) is 7.31. The number of rotatable bonds is 3. The summed E-state index contributed by atoms with van der Waals surface area (Å²) in [4.78, 5) is 0. The molecular formula is C43H100O2S. The first-order valence-corrected chi connectivity index (χ1v) is 10.5. The lowest BCUT2D eigenvalue weighted by atomic mass is 9.73. The molecule has 2 atom stereocenters. The minimum Gasteiger partial charge on any atom is -0.508 e. The van der Waals surface area contributed by atoms with Gasteiger partial charge in [0.2, 0.25) is 0 Å². The summed E-state index contributed by atoms with van der Waals surface area (Å²) in [5, 5.41) is 19.5. The van der Waals surface area contributed by atoms with Crippen molar-refractivity contribution in [1.29, 1.82) is 0 Å². The Bertz CT molecular complexity index is 866. The maximum absolute atomic E-state index is 9.75. The summed E-state index contributed by atoms with van der Waals surface area (Å²) in [6, 6.07) is 11.9. The quantitative estimate of drug-likeness (QED) is 0.339. The van der Waals surface area contributed by atoms with Gasteiger partial charge in [-0.1, -0.05) is 151 Å². The predicted molar refractivity (Wildman–Crippen MR) is 241 cm³/mol. The molecule has 0 amide bonds. The van der Waals surface area contributed by atoms with E-state index in [-0.39, 0.29) is 140 Å². The highest BCUT2D eigenvalue weighted by molar-refractivity contribution is 7.59. The third kappa shape index (κ3) is 22.4. The molecule has 2 unspecified atom stereocenters. The second-order valence-electron chi connectivity index (χ2n) is 8.53. The maximum atomic E-state index is 9.75. The fraction of sp³-hybridized carbons (Fsp3) is 0.628. The fourth-order valence-electron chi connectivity index (χ4n) is 4.80. The molecule has 0 bridgehead atoms. The highest BCUT2D eigenvalue weighted by Gasteiger charge is 2.26. The Morgan fingerprint density at radius 1 is 0.457 bits per heavy atom. The third-order valence-electron chi connectivity index (χ3n) is 6.70. The third-order valence-corrected chi connectivity index (χ3v) is 6.70. The summed E-state index contributed by atoms with van der Waals surface area (Å²) in [5.74, 6) is 2.32. The lowest BCUT2D eigenvalue weighted by Crippen LogP contribution is -2.19. The minimum absolute atomic E-state index is 0. The minimum atomic E-state index is 0. The lowest BCUT2D eigenvalue weighted by molar-refractivity contribution is 0.292. The van der Waals surface area contributed by atoms with E-state index in [0.29, 0.717) is 11.5 Å². The summed E-state index contributed by atoms with van der Waals surface area (Å²) in [7, 11) is 0. The molecule has 2 aromatic rings. The number of aryl methyl sites for hydroxylation is 2. The largest absolute Gasteiger partial charge is 0.508 e. The Morgan fingerprint density at radius 3 is 0.913 bits per heavy atom. The fourth-order valence-corrected chi connectivity index (χ4v) is 4.80. The molecule has 0 saturated heterocycles. The van der Waals surface area contributed by atoms with Gasteiger partial charge in [0.15, 0.2) is 0 Å². The van der Waals surface area contributed by atoms with Gasteiger partial charge in [0.1, 0.15) is 11.5 Å². The van der Waals surface area contributed by atoms with Gasteiger partial charge in [-0.05, 0) is 122 Å². The van der Waals surface area contributed by atoms with Crippen molar-refractivity contribution in [3.8, 4) is 11.5 Å². The average molecular weight is 681 g/mol. The van der Waals surface area contributed by atoms with Crippen molar-refractivity contribution in [2.75, 3.05) is 0 Å². The van der Waals surface area contributed by atoms with E-state index < -0.39 is 0 Å². The van der Waals surface area contributed by atoms with Crippen molar-refractivity contribution in [2.24, 2.45) is 11.8 Å². The van der Waals surface area contributed by atoms with E-state index in [4.69, 9.17) is 0 Å². The first-order chi connectivity index (χ1) is 13.5. The summed E-state index contributed by atoms with van der Waals surface area (Å²) in [6.07, 6.45) is 12.0. The smallest absolute Gasteiger partial charge is 0.118 e. The molecule has 2 aliphatic rings. The van der Waals surface area contributed by atoms with Crippen molar-refractivity contribution in [3.05, 3.63) is 70.8 Å². The zero-order valence-electron chi connectivity index (χ0n) is 17.4. The van der Waals surface area contributed by atoms with Crippen molar-refractivity contribution in [3.63, 3.8) is 0 Å². The normalized spacial score (nSPS) is 13.7. The van der Waals surface area contributed by atoms with Crippen LogP contribution in [0.1, 0.15) is 187 Å². The van der Waals surface area contributed by atoms with E-state index in [0.717, 1.165) is 35.8 Å². The van der Waals surface area contributed by atoms with Crippen molar-refractivity contribution >= 4 is 24.6 Å². The molecule has 0 spiro atoms. The molecule has 0 aliphatic heterocycles. The summed E-state index contributed by atoms with van der Waals surface area (Å²) in [6.45, 7) is 3.93. The molecule has 0 saturated carbocycles. The molecule has 0 aromatic heterocycles. The maximum Gasteiger partial charge on any atom is 0.118 e. The van der Waals surface area contributed by atoms with Gasteiger partial charge in [-0.2, -0.15) is 13.5 Å². The Hall–Kier alpha value is -2.13.